The largest absolute Gasteiger partial charge is 0.481 e. The van der Waals surface area contributed by atoms with Gasteiger partial charge in [0.05, 0.1) is 0 Å². The SMILES string of the molecule is CC(C)CCCC=CCCCCCCC(=O)O. The summed E-state index contributed by atoms with van der Waals surface area (Å²) in [5.41, 5.74) is 0. The molecule has 100 valence electrons. The van der Waals surface area contributed by atoms with Gasteiger partial charge in [0.1, 0.15) is 0 Å². The lowest BCUT2D eigenvalue weighted by molar-refractivity contribution is -0.137. The first kappa shape index (κ1) is 16.2. The van der Waals surface area contributed by atoms with Crippen LogP contribution in [0.5, 0.6) is 0 Å². The quantitative estimate of drug-likeness (QED) is 0.416. The third-order valence-corrected chi connectivity index (χ3v) is 2.83. The smallest absolute Gasteiger partial charge is 0.303 e. The van der Waals surface area contributed by atoms with Crippen LogP contribution in [0.4, 0.5) is 0 Å². The molecular weight excluding hydrogens is 212 g/mol. The molecule has 0 spiro atoms. The Balaban J connectivity index is 3.11. The summed E-state index contributed by atoms with van der Waals surface area (Å²) < 4.78 is 0. The first-order valence-corrected chi connectivity index (χ1v) is 6.99. The molecule has 0 heterocycles. The molecule has 0 bridgehead atoms. The standard InChI is InChI=1S/C15H28O2/c1-14(2)12-10-8-6-4-3-5-7-9-11-13-15(16)17/h4,6,14H,3,5,7-13H2,1-2H3,(H,16,17). The Bertz CT molecular complexity index is 207. The molecule has 0 aromatic rings. The van der Waals surface area contributed by atoms with E-state index in [0.717, 1.165) is 31.6 Å². The second kappa shape index (κ2) is 11.7. The highest BCUT2D eigenvalue weighted by atomic mass is 16.4. The van der Waals surface area contributed by atoms with Crippen molar-refractivity contribution in [2.45, 2.75) is 71.6 Å². The molecule has 0 aliphatic rings. The molecule has 0 unspecified atom stereocenters. The second-order valence-corrected chi connectivity index (χ2v) is 5.14. The predicted octanol–water partition coefficient (Wildman–Crippen LogP) is 4.79. The number of carboxylic acids is 1. The zero-order chi connectivity index (χ0) is 12.9. The van der Waals surface area contributed by atoms with Crippen molar-refractivity contribution in [3.8, 4) is 0 Å². The van der Waals surface area contributed by atoms with Crippen molar-refractivity contribution in [1.29, 1.82) is 0 Å². The Kier molecular flexibility index (Phi) is 11.1. The molecule has 0 rings (SSSR count). The highest BCUT2D eigenvalue weighted by molar-refractivity contribution is 5.66. The van der Waals surface area contributed by atoms with E-state index in [9.17, 15) is 4.79 Å². The maximum atomic E-state index is 10.3. The molecule has 0 amide bonds. The van der Waals surface area contributed by atoms with Crippen LogP contribution in [0, 0.1) is 5.92 Å². The number of carboxylic acid groups (broad SMARTS) is 1. The van der Waals surface area contributed by atoms with Crippen molar-refractivity contribution in [1.82, 2.24) is 0 Å². The van der Waals surface area contributed by atoms with Gasteiger partial charge in [0.25, 0.3) is 0 Å². The number of rotatable bonds is 11. The number of allylic oxidation sites excluding steroid dienone is 2. The number of hydrogen-bond donors (Lipinski definition) is 1. The van der Waals surface area contributed by atoms with Gasteiger partial charge in [-0.1, -0.05) is 45.3 Å². The van der Waals surface area contributed by atoms with Gasteiger partial charge in [-0.05, 0) is 38.0 Å². The summed E-state index contributed by atoms with van der Waals surface area (Å²) >= 11 is 0. The van der Waals surface area contributed by atoms with E-state index < -0.39 is 5.97 Å². The lowest BCUT2D eigenvalue weighted by Gasteiger charge is -2.00. The van der Waals surface area contributed by atoms with E-state index in [2.05, 4.69) is 26.0 Å². The van der Waals surface area contributed by atoms with E-state index in [4.69, 9.17) is 5.11 Å². The first-order valence-electron chi connectivity index (χ1n) is 6.99. The van der Waals surface area contributed by atoms with Crippen molar-refractivity contribution in [2.75, 3.05) is 0 Å². The van der Waals surface area contributed by atoms with E-state index in [-0.39, 0.29) is 0 Å². The Labute approximate surface area is 106 Å². The van der Waals surface area contributed by atoms with Gasteiger partial charge in [0, 0.05) is 6.42 Å². The number of unbranched alkanes of at least 4 members (excludes halogenated alkanes) is 5. The highest BCUT2D eigenvalue weighted by Gasteiger charge is 1.95. The van der Waals surface area contributed by atoms with Gasteiger partial charge >= 0.3 is 5.97 Å². The van der Waals surface area contributed by atoms with E-state index in [0.29, 0.717) is 6.42 Å². The maximum Gasteiger partial charge on any atom is 0.303 e. The van der Waals surface area contributed by atoms with Crippen LogP contribution in [0.15, 0.2) is 12.2 Å². The number of carbonyl (C=O) groups is 1. The lowest BCUT2D eigenvalue weighted by Crippen LogP contribution is -1.93. The van der Waals surface area contributed by atoms with Crippen LogP contribution in [-0.4, -0.2) is 11.1 Å². The molecule has 1 N–H and O–H groups in total. The Morgan fingerprint density at radius 2 is 1.59 bits per heavy atom. The van der Waals surface area contributed by atoms with E-state index in [1.165, 1.54) is 25.7 Å². The van der Waals surface area contributed by atoms with Gasteiger partial charge in [-0.25, -0.2) is 0 Å². The van der Waals surface area contributed by atoms with Crippen LogP contribution in [-0.2, 0) is 4.79 Å². The van der Waals surface area contributed by atoms with Crippen LogP contribution < -0.4 is 0 Å². The zero-order valence-electron chi connectivity index (χ0n) is 11.5. The molecule has 0 radical (unpaired) electrons. The fraction of sp³-hybridized carbons (Fsp3) is 0.800. The van der Waals surface area contributed by atoms with Crippen molar-refractivity contribution < 1.29 is 9.90 Å². The van der Waals surface area contributed by atoms with Crippen LogP contribution >= 0.6 is 0 Å². The second-order valence-electron chi connectivity index (χ2n) is 5.14. The third kappa shape index (κ3) is 15.2. The van der Waals surface area contributed by atoms with Gasteiger partial charge in [0.15, 0.2) is 0 Å². The van der Waals surface area contributed by atoms with Gasteiger partial charge in [-0.15, -0.1) is 0 Å². The van der Waals surface area contributed by atoms with Gasteiger partial charge in [0.2, 0.25) is 0 Å². The van der Waals surface area contributed by atoms with Crippen LogP contribution in [0.3, 0.4) is 0 Å². The van der Waals surface area contributed by atoms with E-state index >= 15 is 0 Å². The lowest BCUT2D eigenvalue weighted by atomic mass is 10.1. The Morgan fingerprint density at radius 1 is 1.00 bits per heavy atom. The summed E-state index contributed by atoms with van der Waals surface area (Å²) in [5, 5.41) is 8.46. The zero-order valence-corrected chi connectivity index (χ0v) is 11.5. The molecule has 2 nitrogen and oxygen atoms in total. The molecule has 0 aromatic carbocycles. The Hall–Kier alpha value is -0.790. The molecule has 0 aromatic heterocycles. The predicted molar refractivity (Wildman–Crippen MR) is 73.2 cm³/mol. The summed E-state index contributed by atoms with van der Waals surface area (Å²) in [5.74, 6) is 0.146. The number of hydrogen-bond acceptors (Lipinski definition) is 1. The summed E-state index contributed by atoms with van der Waals surface area (Å²) in [7, 11) is 0. The average Bonchev–Trinajstić information content (AvgIpc) is 2.25. The molecule has 0 saturated carbocycles. The molecular formula is C15H28O2. The molecule has 17 heavy (non-hydrogen) atoms. The first-order chi connectivity index (χ1) is 8.13. The third-order valence-electron chi connectivity index (χ3n) is 2.83. The fourth-order valence-corrected chi connectivity index (χ4v) is 1.77. The maximum absolute atomic E-state index is 10.3. The van der Waals surface area contributed by atoms with E-state index in [1.54, 1.807) is 0 Å². The Morgan fingerprint density at radius 3 is 2.18 bits per heavy atom. The van der Waals surface area contributed by atoms with Crippen molar-refractivity contribution in [3.63, 3.8) is 0 Å². The molecule has 2 heteroatoms. The molecule has 0 fully saturated rings. The molecule has 0 saturated heterocycles. The summed E-state index contributed by atoms with van der Waals surface area (Å²) in [6, 6.07) is 0. The van der Waals surface area contributed by atoms with Gasteiger partial charge < -0.3 is 5.11 Å². The minimum atomic E-state index is -0.671. The van der Waals surface area contributed by atoms with Crippen LogP contribution in [0.2, 0.25) is 0 Å². The summed E-state index contributed by atoms with van der Waals surface area (Å²) in [6.07, 6.45) is 14.1. The highest BCUT2D eigenvalue weighted by Crippen LogP contribution is 2.08. The van der Waals surface area contributed by atoms with Gasteiger partial charge in [-0.2, -0.15) is 0 Å². The fourth-order valence-electron chi connectivity index (χ4n) is 1.77. The van der Waals surface area contributed by atoms with Crippen molar-refractivity contribution in [2.24, 2.45) is 5.92 Å². The minimum absolute atomic E-state index is 0.324. The summed E-state index contributed by atoms with van der Waals surface area (Å²) in [6.45, 7) is 4.53. The molecule has 0 aliphatic carbocycles. The minimum Gasteiger partial charge on any atom is -0.481 e. The number of aliphatic carboxylic acids is 1. The molecule has 0 aliphatic heterocycles. The topological polar surface area (TPSA) is 37.3 Å². The summed E-state index contributed by atoms with van der Waals surface area (Å²) in [4.78, 5) is 10.3. The van der Waals surface area contributed by atoms with E-state index in [1.807, 2.05) is 0 Å². The van der Waals surface area contributed by atoms with Crippen molar-refractivity contribution >= 4 is 5.97 Å². The van der Waals surface area contributed by atoms with Crippen molar-refractivity contribution in [3.05, 3.63) is 12.2 Å². The van der Waals surface area contributed by atoms with Gasteiger partial charge in [-0.3, -0.25) is 4.79 Å². The monoisotopic (exact) mass is 240 g/mol. The van der Waals surface area contributed by atoms with Crippen LogP contribution in [0.25, 0.3) is 0 Å². The average molecular weight is 240 g/mol. The normalized spacial score (nSPS) is 11.5. The van der Waals surface area contributed by atoms with Crippen LogP contribution in [0.1, 0.15) is 71.6 Å². The molecule has 0 atom stereocenters.